The molecule has 63 heavy (non-hydrogen) atoms. The van der Waals surface area contributed by atoms with E-state index in [9.17, 15) is 19.8 Å². The van der Waals surface area contributed by atoms with E-state index in [1.54, 1.807) is 0 Å². The van der Waals surface area contributed by atoms with Crippen molar-refractivity contribution in [3.63, 3.8) is 0 Å². The quantitative estimate of drug-likeness (QED) is 0.0245. The van der Waals surface area contributed by atoms with Crippen molar-refractivity contribution in [2.24, 2.45) is 0 Å². The second-order valence-corrected chi connectivity index (χ2v) is 18.6. The maximum atomic E-state index is 13.2. The Morgan fingerprint density at radius 1 is 0.492 bits per heavy atom. The number of aliphatic hydroxyl groups excluding tert-OH is 2. The van der Waals surface area contributed by atoms with E-state index in [0.717, 1.165) is 89.9 Å². The van der Waals surface area contributed by atoms with E-state index in [4.69, 9.17) is 4.74 Å². The van der Waals surface area contributed by atoms with E-state index in [1.165, 1.54) is 141 Å². The van der Waals surface area contributed by atoms with E-state index < -0.39 is 18.2 Å². The monoisotopic (exact) mass is 884 g/mol. The Bertz CT molecular complexity index is 1080. The van der Waals surface area contributed by atoms with Crippen LogP contribution in [0.15, 0.2) is 48.6 Å². The number of hydrogen-bond donors (Lipinski definition) is 3. The zero-order chi connectivity index (χ0) is 45.9. The van der Waals surface area contributed by atoms with E-state index in [1.807, 2.05) is 0 Å². The molecule has 0 heterocycles. The molecule has 0 fully saturated rings. The Morgan fingerprint density at radius 3 is 1.40 bits per heavy atom. The normalized spacial score (nSPS) is 13.5. The number of carbonyl (C=O) groups excluding carboxylic acids is 2. The lowest BCUT2D eigenvalue weighted by atomic mass is 10.0. The van der Waals surface area contributed by atoms with Crippen molar-refractivity contribution in [1.82, 2.24) is 5.32 Å². The summed E-state index contributed by atoms with van der Waals surface area (Å²) >= 11 is 0. The van der Waals surface area contributed by atoms with Crippen molar-refractivity contribution >= 4 is 11.9 Å². The summed E-state index contributed by atoms with van der Waals surface area (Å²) in [4.78, 5) is 26.2. The summed E-state index contributed by atoms with van der Waals surface area (Å²) in [6.45, 7) is 6.38. The number of rotatable bonds is 49. The molecule has 0 aliphatic carbocycles. The summed E-state index contributed by atoms with van der Waals surface area (Å²) in [6.07, 6.45) is 61.7. The SMILES string of the molecule is CC/C=C/C/C=C/CCCCCCCCCC(=O)OC(CCCCC/C=C/C=C/CCCCCCCCC)CC(=O)NC(CO)C(O)CCCCCCCCCCCCCCCC. The highest BCUT2D eigenvalue weighted by Gasteiger charge is 2.24. The van der Waals surface area contributed by atoms with Crippen LogP contribution < -0.4 is 5.32 Å². The highest BCUT2D eigenvalue weighted by molar-refractivity contribution is 5.77. The number of esters is 1. The number of nitrogens with one attached hydrogen (secondary N) is 1. The van der Waals surface area contributed by atoms with Gasteiger partial charge < -0.3 is 20.3 Å². The minimum atomic E-state index is -0.796. The molecule has 0 saturated carbocycles. The van der Waals surface area contributed by atoms with Gasteiger partial charge in [0, 0.05) is 6.42 Å². The lowest BCUT2D eigenvalue weighted by molar-refractivity contribution is -0.151. The first kappa shape index (κ1) is 60.8. The molecule has 0 spiro atoms. The standard InChI is InChI=1S/C57H105NO5/c1-4-7-10-13-16-19-22-25-28-29-30-33-36-39-42-45-48-53(63-57(62)50-47-44-41-38-35-32-27-24-21-18-15-12-9-6-3)51-56(61)58-54(52-59)55(60)49-46-43-40-37-34-31-26-23-20-17-14-11-8-5-2/h9,12,18,21,28-30,33,53-55,59-60H,4-8,10-11,13-17,19-20,22-27,31-32,34-52H2,1-3H3,(H,58,61)/b12-9+,21-18+,29-28+,33-30+. The molecular formula is C57H105NO5. The molecule has 0 aromatic carbocycles. The van der Waals surface area contributed by atoms with Gasteiger partial charge in [-0.15, -0.1) is 0 Å². The number of unbranched alkanes of at least 4 members (excludes halogenated alkanes) is 30. The number of ether oxygens (including phenoxy) is 1. The zero-order valence-electron chi connectivity index (χ0n) is 42.0. The largest absolute Gasteiger partial charge is 0.462 e. The Hall–Kier alpha value is -2.18. The van der Waals surface area contributed by atoms with Crippen LogP contribution in [0, 0.1) is 0 Å². The fourth-order valence-corrected chi connectivity index (χ4v) is 8.28. The van der Waals surface area contributed by atoms with Gasteiger partial charge in [0.1, 0.15) is 6.10 Å². The predicted octanol–water partition coefficient (Wildman–Crippen LogP) is 16.6. The van der Waals surface area contributed by atoms with Gasteiger partial charge in [0.15, 0.2) is 0 Å². The highest BCUT2D eigenvalue weighted by atomic mass is 16.5. The lowest BCUT2D eigenvalue weighted by Gasteiger charge is -2.24. The highest BCUT2D eigenvalue weighted by Crippen LogP contribution is 2.18. The molecule has 0 aliphatic rings. The molecular weight excluding hydrogens is 779 g/mol. The molecule has 1 amide bonds. The Morgan fingerprint density at radius 2 is 0.905 bits per heavy atom. The summed E-state index contributed by atoms with van der Waals surface area (Å²) in [5, 5.41) is 23.8. The third-order valence-corrected chi connectivity index (χ3v) is 12.4. The van der Waals surface area contributed by atoms with E-state index in [2.05, 4.69) is 74.7 Å². The second-order valence-electron chi connectivity index (χ2n) is 18.6. The van der Waals surface area contributed by atoms with Crippen LogP contribution in [-0.4, -0.2) is 46.9 Å². The third-order valence-electron chi connectivity index (χ3n) is 12.4. The first-order valence-corrected chi connectivity index (χ1v) is 27.4. The fourth-order valence-electron chi connectivity index (χ4n) is 8.28. The molecule has 3 N–H and O–H groups in total. The first-order valence-electron chi connectivity index (χ1n) is 27.4. The molecule has 0 aromatic heterocycles. The number of aliphatic hydroxyl groups is 2. The van der Waals surface area contributed by atoms with E-state index in [0.29, 0.717) is 19.3 Å². The van der Waals surface area contributed by atoms with Gasteiger partial charge in [-0.1, -0.05) is 236 Å². The number of carbonyl (C=O) groups is 2. The third kappa shape index (κ3) is 46.2. The molecule has 6 heteroatoms. The summed E-state index contributed by atoms with van der Waals surface area (Å²) in [7, 11) is 0. The van der Waals surface area contributed by atoms with E-state index in [-0.39, 0.29) is 24.9 Å². The van der Waals surface area contributed by atoms with Gasteiger partial charge in [-0.3, -0.25) is 9.59 Å². The van der Waals surface area contributed by atoms with Crippen LogP contribution in [0.1, 0.15) is 278 Å². The van der Waals surface area contributed by atoms with Crippen LogP contribution in [-0.2, 0) is 14.3 Å². The topological polar surface area (TPSA) is 95.9 Å². The van der Waals surface area contributed by atoms with Crippen LogP contribution in [0.25, 0.3) is 0 Å². The van der Waals surface area contributed by atoms with Gasteiger partial charge in [-0.05, 0) is 77.0 Å². The molecule has 0 rings (SSSR count). The predicted molar refractivity (Wildman–Crippen MR) is 273 cm³/mol. The van der Waals surface area contributed by atoms with Crippen LogP contribution in [0.3, 0.4) is 0 Å². The van der Waals surface area contributed by atoms with Crippen molar-refractivity contribution < 1.29 is 24.5 Å². The van der Waals surface area contributed by atoms with Gasteiger partial charge in [-0.25, -0.2) is 0 Å². The summed E-state index contributed by atoms with van der Waals surface area (Å²) in [6, 6.07) is -0.711. The van der Waals surface area contributed by atoms with E-state index >= 15 is 0 Å². The number of amides is 1. The molecule has 6 nitrogen and oxygen atoms in total. The molecule has 368 valence electrons. The van der Waals surface area contributed by atoms with Gasteiger partial charge in [0.2, 0.25) is 5.91 Å². The van der Waals surface area contributed by atoms with Gasteiger partial charge >= 0.3 is 5.97 Å². The van der Waals surface area contributed by atoms with Crippen LogP contribution in [0.4, 0.5) is 0 Å². The maximum Gasteiger partial charge on any atom is 0.306 e. The van der Waals surface area contributed by atoms with Crippen LogP contribution in [0.5, 0.6) is 0 Å². The molecule has 0 bridgehead atoms. The Labute approximate surface area is 391 Å². The Kier molecular flexibility index (Phi) is 49.1. The molecule has 0 aliphatic heterocycles. The number of allylic oxidation sites excluding steroid dienone is 8. The van der Waals surface area contributed by atoms with Gasteiger partial charge in [0.25, 0.3) is 0 Å². The lowest BCUT2D eigenvalue weighted by Crippen LogP contribution is -2.46. The molecule has 3 atom stereocenters. The minimum absolute atomic E-state index is 0.0574. The minimum Gasteiger partial charge on any atom is -0.462 e. The van der Waals surface area contributed by atoms with Crippen molar-refractivity contribution in [3.05, 3.63) is 48.6 Å². The summed E-state index contributed by atoms with van der Waals surface area (Å²) in [5.74, 6) is -0.502. The van der Waals surface area contributed by atoms with Gasteiger partial charge in [-0.2, -0.15) is 0 Å². The van der Waals surface area contributed by atoms with Crippen molar-refractivity contribution in [1.29, 1.82) is 0 Å². The zero-order valence-corrected chi connectivity index (χ0v) is 42.0. The van der Waals surface area contributed by atoms with Gasteiger partial charge in [0.05, 0.1) is 25.2 Å². The second kappa shape index (κ2) is 50.8. The average Bonchev–Trinajstić information content (AvgIpc) is 3.28. The number of hydrogen-bond acceptors (Lipinski definition) is 5. The van der Waals surface area contributed by atoms with Crippen LogP contribution >= 0.6 is 0 Å². The molecule has 3 unspecified atom stereocenters. The molecule has 0 aromatic rings. The first-order chi connectivity index (χ1) is 31.0. The summed E-state index contributed by atoms with van der Waals surface area (Å²) < 4.78 is 5.93. The average molecular weight is 884 g/mol. The molecule has 0 radical (unpaired) electrons. The fraction of sp³-hybridized carbons (Fsp3) is 0.825. The Balaban J connectivity index is 4.62. The van der Waals surface area contributed by atoms with Crippen LogP contribution in [0.2, 0.25) is 0 Å². The van der Waals surface area contributed by atoms with Crippen molar-refractivity contribution in [2.45, 2.75) is 296 Å². The van der Waals surface area contributed by atoms with Crippen molar-refractivity contribution in [3.8, 4) is 0 Å². The smallest absolute Gasteiger partial charge is 0.306 e. The summed E-state index contributed by atoms with van der Waals surface area (Å²) in [5.41, 5.74) is 0. The maximum absolute atomic E-state index is 13.2. The van der Waals surface area contributed by atoms with Crippen molar-refractivity contribution in [2.75, 3.05) is 6.61 Å². The molecule has 0 saturated heterocycles.